The van der Waals surface area contributed by atoms with Crippen LogP contribution >= 0.6 is 11.8 Å². The molecule has 1 aromatic rings. The smallest absolute Gasteiger partial charge is 0.108 e. The molecule has 1 aliphatic heterocycles. The predicted octanol–water partition coefficient (Wildman–Crippen LogP) is 2.28. The zero-order valence-corrected chi connectivity index (χ0v) is 7.93. The quantitative estimate of drug-likeness (QED) is 0.697. The molecular formula is C9H10N2OS. The Bertz CT molecular complexity index is 327. The van der Waals surface area contributed by atoms with Crippen molar-refractivity contribution in [3.05, 3.63) is 28.7 Å². The van der Waals surface area contributed by atoms with Crippen molar-refractivity contribution in [2.45, 2.75) is 11.4 Å². The highest BCUT2D eigenvalue weighted by atomic mass is 32.2. The summed E-state index contributed by atoms with van der Waals surface area (Å²) in [4.78, 5) is 11.6. The molecule has 0 amide bonds. The van der Waals surface area contributed by atoms with Gasteiger partial charge >= 0.3 is 0 Å². The van der Waals surface area contributed by atoms with Crippen LogP contribution in [0.4, 0.5) is 5.69 Å². The number of nitrogens with zero attached hydrogens (tertiary/aromatic N) is 1. The van der Waals surface area contributed by atoms with E-state index in [-0.39, 0.29) is 0 Å². The number of fused-ring (bicyclic) bond motifs is 1. The summed E-state index contributed by atoms with van der Waals surface area (Å²) < 4.78 is 0. The molecule has 3 nitrogen and oxygen atoms in total. The van der Waals surface area contributed by atoms with Crippen LogP contribution in [0.2, 0.25) is 0 Å². The summed E-state index contributed by atoms with van der Waals surface area (Å²) >= 11 is 1.82. The minimum atomic E-state index is 0.517. The van der Waals surface area contributed by atoms with Crippen LogP contribution in [0.15, 0.2) is 28.3 Å². The van der Waals surface area contributed by atoms with Gasteiger partial charge in [-0.05, 0) is 28.9 Å². The molecule has 0 aromatic heterocycles. The predicted molar refractivity (Wildman–Crippen MR) is 54.3 cm³/mol. The number of rotatable bonds is 1. The summed E-state index contributed by atoms with van der Waals surface area (Å²) in [6.45, 7) is 1.86. The minimum absolute atomic E-state index is 0.517. The molecule has 0 fully saturated rings. The highest BCUT2D eigenvalue weighted by molar-refractivity contribution is 7.99. The van der Waals surface area contributed by atoms with Crippen molar-refractivity contribution in [2.24, 2.45) is 5.18 Å². The molecule has 13 heavy (non-hydrogen) atoms. The van der Waals surface area contributed by atoms with Crippen molar-refractivity contribution in [2.75, 3.05) is 12.3 Å². The van der Waals surface area contributed by atoms with Gasteiger partial charge in [-0.1, -0.05) is 0 Å². The van der Waals surface area contributed by atoms with Gasteiger partial charge in [-0.15, -0.1) is 16.7 Å². The number of thioether (sulfide) groups is 1. The average molecular weight is 194 g/mol. The molecule has 0 aliphatic carbocycles. The Morgan fingerprint density at radius 3 is 3.23 bits per heavy atom. The molecule has 68 valence electrons. The van der Waals surface area contributed by atoms with Crippen LogP contribution in [0.5, 0.6) is 0 Å². The van der Waals surface area contributed by atoms with Gasteiger partial charge in [0.15, 0.2) is 0 Å². The fourth-order valence-electron chi connectivity index (χ4n) is 1.36. The SMILES string of the molecule is O=Nc1ccc2c(c1)CNCCS2. The van der Waals surface area contributed by atoms with Crippen LogP contribution in [0.1, 0.15) is 5.56 Å². The minimum Gasteiger partial charge on any atom is -0.312 e. The zero-order chi connectivity index (χ0) is 9.10. The Morgan fingerprint density at radius 2 is 2.38 bits per heavy atom. The Hall–Kier alpha value is -0.870. The van der Waals surface area contributed by atoms with Crippen molar-refractivity contribution in [3.63, 3.8) is 0 Å². The van der Waals surface area contributed by atoms with E-state index in [1.54, 1.807) is 6.07 Å². The van der Waals surface area contributed by atoms with Gasteiger partial charge in [-0.2, -0.15) is 0 Å². The van der Waals surface area contributed by atoms with Gasteiger partial charge in [0.2, 0.25) is 0 Å². The number of hydrogen-bond acceptors (Lipinski definition) is 4. The normalized spacial score (nSPS) is 16.0. The summed E-state index contributed by atoms with van der Waals surface area (Å²) in [7, 11) is 0. The lowest BCUT2D eigenvalue weighted by molar-refractivity contribution is 0.732. The molecule has 0 radical (unpaired) electrons. The summed E-state index contributed by atoms with van der Waals surface area (Å²) in [6.07, 6.45) is 0. The van der Waals surface area contributed by atoms with Gasteiger partial charge in [-0.3, -0.25) is 0 Å². The van der Waals surface area contributed by atoms with E-state index in [0.29, 0.717) is 5.69 Å². The second-order valence-electron chi connectivity index (χ2n) is 2.91. The third-order valence-corrected chi connectivity index (χ3v) is 3.12. The van der Waals surface area contributed by atoms with Gasteiger partial charge in [0.05, 0.1) is 0 Å². The lowest BCUT2D eigenvalue weighted by Crippen LogP contribution is -2.13. The summed E-state index contributed by atoms with van der Waals surface area (Å²) in [5, 5.41) is 6.21. The third-order valence-electron chi connectivity index (χ3n) is 2.00. The monoisotopic (exact) mass is 194 g/mol. The van der Waals surface area contributed by atoms with Crippen LogP contribution in [0, 0.1) is 4.91 Å². The standard InChI is InChI=1S/C9H10N2OS/c12-11-8-1-2-9-7(5-8)6-10-3-4-13-9/h1-2,5,10H,3-4,6H2. The van der Waals surface area contributed by atoms with Gasteiger partial charge in [0.25, 0.3) is 0 Å². The average Bonchev–Trinajstić information content (AvgIpc) is 2.41. The zero-order valence-electron chi connectivity index (χ0n) is 7.12. The molecule has 1 aromatic carbocycles. The second kappa shape index (κ2) is 3.89. The number of benzene rings is 1. The fourth-order valence-corrected chi connectivity index (χ4v) is 2.30. The van der Waals surface area contributed by atoms with Crippen LogP contribution in [0.3, 0.4) is 0 Å². The maximum Gasteiger partial charge on any atom is 0.108 e. The number of hydrogen-bond donors (Lipinski definition) is 1. The topological polar surface area (TPSA) is 41.5 Å². The molecule has 1 N–H and O–H groups in total. The molecule has 0 saturated carbocycles. The lowest BCUT2D eigenvalue weighted by Gasteiger charge is -2.03. The molecule has 1 heterocycles. The highest BCUT2D eigenvalue weighted by Gasteiger charge is 2.08. The Labute approximate surface area is 80.9 Å². The van der Waals surface area contributed by atoms with Crippen LogP contribution in [-0.2, 0) is 6.54 Å². The van der Waals surface area contributed by atoms with Crippen LogP contribution in [0.25, 0.3) is 0 Å². The lowest BCUT2D eigenvalue weighted by atomic mass is 10.2. The van der Waals surface area contributed by atoms with Crippen LogP contribution in [-0.4, -0.2) is 12.3 Å². The Kier molecular flexibility index (Phi) is 2.61. The van der Waals surface area contributed by atoms with E-state index in [1.165, 1.54) is 10.5 Å². The van der Waals surface area contributed by atoms with E-state index in [2.05, 4.69) is 10.5 Å². The van der Waals surface area contributed by atoms with Gasteiger partial charge < -0.3 is 5.32 Å². The molecular weight excluding hydrogens is 184 g/mol. The molecule has 0 unspecified atom stereocenters. The van der Waals surface area contributed by atoms with Crippen molar-refractivity contribution in [1.82, 2.24) is 5.32 Å². The molecule has 0 saturated heterocycles. The summed E-state index contributed by atoms with van der Waals surface area (Å²) in [5.74, 6) is 1.08. The van der Waals surface area contributed by atoms with Crippen LogP contribution < -0.4 is 5.32 Å². The first-order chi connectivity index (χ1) is 6.40. The summed E-state index contributed by atoms with van der Waals surface area (Å²) in [5.41, 5.74) is 1.70. The Balaban J connectivity index is 2.37. The molecule has 4 heteroatoms. The van der Waals surface area contributed by atoms with E-state index >= 15 is 0 Å². The summed E-state index contributed by atoms with van der Waals surface area (Å²) in [6, 6.07) is 5.60. The molecule has 1 aliphatic rings. The van der Waals surface area contributed by atoms with Gasteiger partial charge in [0, 0.05) is 23.7 Å². The molecule has 2 rings (SSSR count). The van der Waals surface area contributed by atoms with Crippen molar-refractivity contribution in [1.29, 1.82) is 0 Å². The largest absolute Gasteiger partial charge is 0.312 e. The fraction of sp³-hybridized carbons (Fsp3) is 0.333. The van der Waals surface area contributed by atoms with Gasteiger partial charge in [-0.25, -0.2) is 0 Å². The third kappa shape index (κ3) is 1.89. The first-order valence-electron chi connectivity index (χ1n) is 4.20. The first-order valence-corrected chi connectivity index (χ1v) is 5.18. The van der Waals surface area contributed by atoms with E-state index in [0.717, 1.165) is 18.8 Å². The highest BCUT2D eigenvalue weighted by Crippen LogP contribution is 2.27. The Morgan fingerprint density at radius 1 is 1.46 bits per heavy atom. The number of nitroso groups, excluding NO2 is 1. The van der Waals surface area contributed by atoms with Gasteiger partial charge in [0.1, 0.15) is 5.69 Å². The van der Waals surface area contributed by atoms with E-state index in [1.807, 2.05) is 23.9 Å². The van der Waals surface area contributed by atoms with Crippen molar-refractivity contribution >= 4 is 17.4 Å². The maximum absolute atomic E-state index is 10.3. The first kappa shape index (κ1) is 8.72. The molecule has 0 atom stereocenters. The molecule has 0 bridgehead atoms. The van der Waals surface area contributed by atoms with E-state index < -0.39 is 0 Å². The molecule has 0 spiro atoms. The van der Waals surface area contributed by atoms with Crippen molar-refractivity contribution in [3.8, 4) is 0 Å². The number of nitrogens with one attached hydrogen (secondary N) is 1. The van der Waals surface area contributed by atoms with E-state index in [4.69, 9.17) is 0 Å². The maximum atomic E-state index is 10.3. The van der Waals surface area contributed by atoms with Crippen molar-refractivity contribution < 1.29 is 0 Å². The second-order valence-corrected chi connectivity index (χ2v) is 4.05. The van der Waals surface area contributed by atoms with E-state index in [9.17, 15) is 4.91 Å².